The predicted molar refractivity (Wildman–Crippen MR) is 78.9 cm³/mol. The van der Waals surface area contributed by atoms with Crippen LogP contribution in [0.25, 0.3) is 0 Å². The summed E-state index contributed by atoms with van der Waals surface area (Å²) in [7, 11) is -2.46. The molecule has 1 N–H and O–H groups in total. The molecule has 0 aliphatic heterocycles. The van der Waals surface area contributed by atoms with E-state index in [1.54, 1.807) is 6.07 Å². The van der Waals surface area contributed by atoms with Gasteiger partial charge in [0.15, 0.2) is 5.78 Å². The summed E-state index contributed by atoms with van der Waals surface area (Å²) in [5.74, 6) is -0.957. The van der Waals surface area contributed by atoms with Gasteiger partial charge in [-0.2, -0.15) is 0 Å². The fraction of sp³-hybridized carbons (Fsp3) is 0.133. The molecule has 0 saturated carbocycles. The maximum Gasteiger partial charge on any atom is 0.241 e. The van der Waals surface area contributed by atoms with Gasteiger partial charge >= 0.3 is 0 Å². The molecule has 2 rings (SSSR count). The molecule has 0 spiro atoms. The molecule has 2 aromatic rings. The molecule has 0 aromatic heterocycles. The van der Waals surface area contributed by atoms with Gasteiger partial charge in [0.05, 0.1) is 24.1 Å². The number of ketones is 1. The number of carbonyl (C=O) groups is 1. The summed E-state index contributed by atoms with van der Waals surface area (Å²) in [5, 5.41) is 0. The zero-order valence-electron chi connectivity index (χ0n) is 11.7. The molecule has 0 fully saturated rings. The SMILES string of the molecule is COc1cccc(S(=O)(=O)NCC(=O)c2ccccc2F)c1. The van der Waals surface area contributed by atoms with Crippen LogP contribution in [-0.4, -0.2) is 27.9 Å². The van der Waals surface area contributed by atoms with E-state index in [1.807, 2.05) is 0 Å². The summed E-state index contributed by atoms with van der Waals surface area (Å²) in [6, 6.07) is 11.2. The van der Waals surface area contributed by atoms with Crippen molar-refractivity contribution in [1.82, 2.24) is 4.72 Å². The predicted octanol–water partition coefficient (Wildman–Crippen LogP) is 2.00. The largest absolute Gasteiger partial charge is 0.497 e. The highest BCUT2D eigenvalue weighted by molar-refractivity contribution is 7.89. The molecule has 116 valence electrons. The minimum Gasteiger partial charge on any atom is -0.497 e. The highest BCUT2D eigenvalue weighted by Crippen LogP contribution is 2.17. The van der Waals surface area contributed by atoms with Crippen molar-refractivity contribution in [3.05, 3.63) is 59.9 Å². The standard InChI is InChI=1S/C15H14FNO4S/c1-21-11-5-4-6-12(9-11)22(19,20)17-10-15(18)13-7-2-3-8-14(13)16/h2-9,17H,10H2,1H3. The van der Waals surface area contributed by atoms with Crippen LogP contribution in [0.15, 0.2) is 53.4 Å². The molecule has 0 aliphatic carbocycles. The van der Waals surface area contributed by atoms with Crippen molar-refractivity contribution in [1.29, 1.82) is 0 Å². The van der Waals surface area contributed by atoms with Crippen molar-refractivity contribution >= 4 is 15.8 Å². The zero-order valence-corrected chi connectivity index (χ0v) is 12.6. The van der Waals surface area contributed by atoms with Crippen molar-refractivity contribution in [2.75, 3.05) is 13.7 Å². The van der Waals surface area contributed by atoms with Gasteiger partial charge in [0.1, 0.15) is 11.6 Å². The third-order valence-corrected chi connectivity index (χ3v) is 4.35. The van der Waals surface area contributed by atoms with Gasteiger partial charge in [0, 0.05) is 6.07 Å². The third kappa shape index (κ3) is 3.69. The van der Waals surface area contributed by atoms with E-state index in [-0.39, 0.29) is 10.5 Å². The molecule has 0 bridgehead atoms. The van der Waals surface area contributed by atoms with E-state index in [1.165, 1.54) is 43.5 Å². The van der Waals surface area contributed by atoms with Gasteiger partial charge in [0.2, 0.25) is 10.0 Å². The summed E-state index contributed by atoms with van der Waals surface area (Å²) in [4.78, 5) is 11.8. The highest BCUT2D eigenvalue weighted by atomic mass is 32.2. The summed E-state index contributed by atoms with van der Waals surface area (Å²) < 4.78 is 44.8. The first-order chi connectivity index (χ1) is 10.4. The Bertz CT molecular complexity index is 790. The molecule has 0 amide bonds. The molecular formula is C15H14FNO4S. The highest BCUT2D eigenvalue weighted by Gasteiger charge is 2.18. The summed E-state index contributed by atoms with van der Waals surface area (Å²) in [5.41, 5.74) is -0.157. The first kappa shape index (κ1) is 16.1. The molecular weight excluding hydrogens is 309 g/mol. The summed E-state index contributed by atoms with van der Waals surface area (Å²) in [6.07, 6.45) is 0. The minimum atomic E-state index is -3.88. The average Bonchev–Trinajstić information content (AvgIpc) is 2.53. The molecule has 0 unspecified atom stereocenters. The van der Waals surface area contributed by atoms with Crippen molar-refractivity contribution in [2.45, 2.75) is 4.90 Å². The monoisotopic (exact) mass is 323 g/mol. The maximum absolute atomic E-state index is 13.5. The second kappa shape index (κ2) is 6.67. The van der Waals surface area contributed by atoms with Crippen LogP contribution >= 0.6 is 0 Å². The van der Waals surface area contributed by atoms with Crippen LogP contribution in [0.3, 0.4) is 0 Å². The van der Waals surface area contributed by atoms with Crippen LogP contribution in [0.4, 0.5) is 4.39 Å². The van der Waals surface area contributed by atoms with Gasteiger partial charge in [-0.15, -0.1) is 0 Å². The second-order valence-electron chi connectivity index (χ2n) is 4.41. The number of hydrogen-bond acceptors (Lipinski definition) is 4. The van der Waals surface area contributed by atoms with Gasteiger partial charge in [-0.25, -0.2) is 17.5 Å². The maximum atomic E-state index is 13.5. The molecule has 0 atom stereocenters. The molecule has 0 aliphatic rings. The van der Waals surface area contributed by atoms with Crippen molar-refractivity contribution in [2.24, 2.45) is 0 Å². The van der Waals surface area contributed by atoms with E-state index in [0.29, 0.717) is 5.75 Å². The number of methoxy groups -OCH3 is 1. The van der Waals surface area contributed by atoms with Gasteiger partial charge in [-0.3, -0.25) is 4.79 Å². The number of nitrogens with one attached hydrogen (secondary N) is 1. The van der Waals surface area contributed by atoms with Crippen LogP contribution < -0.4 is 9.46 Å². The lowest BCUT2D eigenvalue weighted by Crippen LogP contribution is -2.30. The molecule has 2 aromatic carbocycles. The normalized spacial score (nSPS) is 11.2. The Kier molecular flexibility index (Phi) is 4.89. The van der Waals surface area contributed by atoms with E-state index in [0.717, 1.165) is 6.07 Å². The van der Waals surface area contributed by atoms with E-state index >= 15 is 0 Å². The van der Waals surface area contributed by atoms with Crippen LogP contribution in [-0.2, 0) is 10.0 Å². The van der Waals surface area contributed by atoms with Crippen LogP contribution in [0.5, 0.6) is 5.75 Å². The number of rotatable bonds is 6. The van der Waals surface area contributed by atoms with Gasteiger partial charge in [-0.1, -0.05) is 18.2 Å². The van der Waals surface area contributed by atoms with Crippen LogP contribution in [0.2, 0.25) is 0 Å². The summed E-state index contributed by atoms with van der Waals surface area (Å²) in [6.45, 7) is -0.527. The lowest BCUT2D eigenvalue weighted by Gasteiger charge is -2.08. The Morgan fingerprint density at radius 1 is 1.18 bits per heavy atom. The fourth-order valence-corrected chi connectivity index (χ4v) is 2.81. The average molecular weight is 323 g/mol. The third-order valence-electron chi connectivity index (χ3n) is 2.95. The number of halogens is 1. The topological polar surface area (TPSA) is 72.5 Å². The molecule has 7 heteroatoms. The lowest BCUT2D eigenvalue weighted by atomic mass is 10.1. The van der Waals surface area contributed by atoms with Gasteiger partial charge in [0.25, 0.3) is 0 Å². The molecule has 0 heterocycles. The number of sulfonamides is 1. The van der Waals surface area contributed by atoms with E-state index in [9.17, 15) is 17.6 Å². The summed E-state index contributed by atoms with van der Waals surface area (Å²) >= 11 is 0. The Balaban J connectivity index is 2.13. The minimum absolute atomic E-state index is 0.0341. The Morgan fingerprint density at radius 2 is 1.91 bits per heavy atom. The number of Topliss-reactive ketones (excluding diaryl/α,β-unsaturated/α-hetero) is 1. The molecule has 0 saturated heterocycles. The van der Waals surface area contributed by atoms with Crippen molar-refractivity contribution < 1.29 is 22.3 Å². The smallest absolute Gasteiger partial charge is 0.241 e. The molecule has 22 heavy (non-hydrogen) atoms. The number of ether oxygens (including phenoxy) is 1. The van der Waals surface area contributed by atoms with Crippen molar-refractivity contribution in [3.8, 4) is 5.75 Å². The quantitative estimate of drug-likeness (QED) is 0.825. The Morgan fingerprint density at radius 3 is 2.59 bits per heavy atom. The van der Waals surface area contributed by atoms with E-state index in [2.05, 4.69) is 4.72 Å². The zero-order chi connectivity index (χ0) is 16.2. The van der Waals surface area contributed by atoms with Gasteiger partial charge < -0.3 is 4.74 Å². The van der Waals surface area contributed by atoms with Crippen LogP contribution in [0.1, 0.15) is 10.4 Å². The van der Waals surface area contributed by atoms with Gasteiger partial charge in [-0.05, 0) is 24.3 Å². The second-order valence-corrected chi connectivity index (χ2v) is 6.17. The van der Waals surface area contributed by atoms with Crippen LogP contribution in [0, 0.1) is 5.82 Å². The number of benzene rings is 2. The lowest BCUT2D eigenvalue weighted by molar-refractivity contribution is 0.0993. The Hall–Kier alpha value is -2.25. The fourth-order valence-electron chi connectivity index (χ4n) is 1.79. The van der Waals surface area contributed by atoms with E-state index in [4.69, 9.17) is 4.74 Å². The van der Waals surface area contributed by atoms with Crippen molar-refractivity contribution in [3.63, 3.8) is 0 Å². The number of carbonyl (C=O) groups excluding carboxylic acids is 1. The number of hydrogen-bond donors (Lipinski definition) is 1. The first-order valence-corrected chi connectivity index (χ1v) is 7.84. The van der Waals surface area contributed by atoms with E-state index < -0.39 is 28.2 Å². The first-order valence-electron chi connectivity index (χ1n) is 6.35. The molecule has 5 nitrogen and oxygen atoms in total. The molecule has 0 radical (unpaired) electrons. The Labute approximate surface area is 127 Å².